The second kappa shape index (κ2) is 11.0. The van der Waals surface area contributed by atoms with Crippen LogP contribution in [0.2, 0.25) is 0 Å². The van der Waals surface area contributed by atoms with Crippen molar-refractivity contribution in [3.8, 4) is 11.5 Å². The van der Waals surface area contributed by atoms with Crippen molar-refractivity contribution in [2.75, 3.05) is 20.3 Å². The maximum Gasteiger partial charge on any atom is 0.252 e. The molecule has 0 aromatic heterocycles. The second-order valence-corrected chi connectivity index (χ2v) is 8.19. The van der Waals surface area contributed by atoms with Crippen molar-refractivity contribution in [2.24, 2.45) is 4.99 Å². The number of amides is 1. The average Bonchev–Trinajstić information content (AvgIpc) is 3.20. The number of carbonyl (C=O) groups is 1. The fraction of sp³-hybridized carbons (Fsp3) is 0.385. The number of hydrogen-bond donors (Lipinski definition) is 2. The number of aliphatic imine (C=N–C) groups is 1. The van der Waals surface area contributed by atoms with E-state index in [1.54, 1.807) is 13.2 Å². The van der Waals surface area contributed by atoms with E-state index in [9.17, 15) is 4.79 Å². The zero-order valence-corrected chi connectivity index (χ0v) is 19.4. The van der Waals surface area contributed by atoms with E-state index in [2.05, 4.69) is 11.9 Å². The van der Waals surface area contributed by atoms with Crippen molar-refractivity contribution in [2.45, 2.75) is 44.4 Å². The predicted molar refractivity (Wildman–Crippen MR) is 128 cm³/mol. The molecule has 1 amide bonds. The average molecular weight is 453 g/mol. The Kier molecular flexibility index (Phi) is 8.11. The Morgan fingerprint density at radius 1 is 1.27 bits per heavy atom. The van der Waals surface area contributed by atoms with Crippen LogP contribution in [-0.4, -0.2) is 48.8 Å². The van der Waals surface area contributed by atoms with Gasteiger partial charge in [-0.15, -0.1) is 6.58 Å². The molecule has 0 fully saturated rings. The van der Waals surface area contributed by atoms with Gasteiger partial charge in [-0.05, 0) is 55.8 Å². The van der Waals surface area contributed by atoms with Gasteiger partial charge in [-0.3, -0.25) is 4.79 Å². The van der Waals surface area contributed by atoms with E-state index in [1.807, 2.05) is 62.4 Å². The highest BCUT2D eigenvalue weighted by atomic mass is 16.5. The van der Waals surface area contributed by atoms with Crippen LogP contribution in [-0.2, 0) is 9.53 Å². The van der Waals surface area contributed by atoms with Crippen LogP contribution in [0.3, 0.4) is 0 Å². The number of hydrogen-bond acceptors (Lipinski definition) is 6. The van der Waals surface area contributed by atoms with Crippen molar-refractivity contribution >= 4 is 11.8 Å². The molecule has 2 aromatic carbocycles. The van der Waals surface area contributed by atoms with E-state index in [-0.39, 0.29) is 18.6 Å². The molecule has 7 heteroatoms. The lowest BCUT2D eigenvalue weighted by molar-refractivity contribution is -0.129. The first-order valence-corrected chi connectivity index (χ1v) is 11.1. The van der Waals surface area contributed by atoms with Crippen LogP contribution in [0.1, 0.15) is 43.9 Å². The van der Waals surface area contributed by atoms with Crippen molar-refractivity contribution in [3.63, 3.8) is 0 Å². The minimum absolute atomic E-state index is 0.0558. The first-order chi connectivity index (χ1) is 15.9. The van der Waals surface area contributed by atoms with Gasteiger partial charge in [0.25, 0.3) is 5.91 Å². The van der Waals surface area contributed by atoms with E-state index in [1.165, 1.54) is 0 Å². The molecule has 176 valence electrons. The van der Waals surface area contributed by atoms with Crippen LogP contribution in [0, 0.1) is 0 Å². The number of carbonyl (C=O) groups excluding carboxylic acids is 1. The van der Waals surface area contributed by atoms with E-state index >= 15 is 0 Å². The van der Waals surface area contributed by atoms with Crippen LogP contribution in [0.5, 0.6) is 11.5 Å². The van der Waals surface area contributed by atoms with E-state index in [0.717, 1.165) is 11.1 Å². The maximum absolute atomic E-state index is 13.5. The SMILES string of the molecule is C=CC[C@@]1(C(=O)NC(C)C)N=C(c2ccc(OCCCO)cc2)O[C@@H]1c1cccc(OC)c1. The van der Waals surface area contributed by atoms with Gasteiger partial charge in [0.2, 0.25) is 5.90 Å². The Morgan fingerprint density at radius 2 is 2.03 bits per heavy atom. The van der Waals surface area contributed by atoms with Crippen molar-refractivity contribution in [3.05, 3.63) is 72.3 Å². The van der Waals surface area contributed by atoms with Crippen LogP contribution in [0.25, 0.3) is 0 Å². The van der Waals surface area contributed by atoms with Crippen molar-refractivity contribution in [1.82, 2.24) is 5.32 Å². The highest BCUT2D eigenvalue weighted by Crippen LogP contribution is 2.43. The number of aliphatic hydroxyl groups excluding tert-OH is 1. The lowest BCUT2D eigenvalue weighted by Crippen LogP contribution is -2.50. The molecule has 2 atom stereocenters. The van der Waals surface area contributed by atoms with E-state index in [4.69, 9.17) is 24.3 Å². The van der Waals surface area contributed by atoms with Gasteiger partial charge >= 0.3 is 0 Å². The second-order valence-electron chi connectivity index (χ2n) is 8.19. The molecule has 1 heterocycles. The van der Waals surface area contributed by atoms with Gasteiger partial charge in [0, 0.05) is 31.1 Å². The summed E-state index contributed by atoms with van der Waals surface area (Å²) >= 11 is 0. The van der Waals surface area contributed by atoms with Crippen LogP contribution < -0.4 is 14.8 Å². The summed E-state index contributed by atoms with van der Waals surface area (Å²) in [5.74, 6) is 1.52. The predicted octanol–water partition coefficient (Wildman–Crippen LogP) is 3.81. The van der Waals surface area contributed by atoms with E-state index < -0.39 is 11.6 Å². The minimum Gasteiger partial charge on any atom is -0.497 e. The van der Waals surface area contributed by atoms with Gasteiger partial charge in [-0.25, -0.2) is 4.99 Å². The summed E-state index contributed by atoms with van der Waals surface area (Å²) < 4.78 is 17.4. The quantitative estimate of drug-likeness (QED) is 0.400. The van der Waals surface area contributed by atoms with E-state index in [0.29, 0.717) is 36.8 Å². The Bertz CT molecular complexity index is 986. The van der Waals surface area contributed by atoms with Gasteiger partial charge in [-0.1, -0.05) is 18.2 Å². The van der Waals surface area contributed by atoms with Crippen LogP contribution >= 0.6 is 0 Å². The summed E-state index contributed by atoms with van der Waals surface area (Å²) in [5, 5.41) is 11.9. The molecule has 0 spiro atoms. The molecule has 0 aliphatic carbocycles. The normalized spacial score (nSPS) is 19.5. The van der Waals surface area contributed by atoms with Gasteiger partial charge in [0.1, 0.15) is 11.5 Å². The molecule has 0 unspecified atom stereocenters. The molecule has 1 aliphatic rings. The van der Waals surface area contributed by atoms with Crippen molar-refractivity contribution in [1.29, 1.82) is 0 Å². The standard InChI is InChI=1S/C26H32N2O5/c1-5-14-26(25(30)27-18(2)3)23(20-8-6-9-22(17-20)31-4)33-24(28-26)19-10-12-21(13-11-19)32-16-7-15-29/h5-6,8-13,17-18,23,29H,1,7,14-16H2,2-4H3,(H,27,30)/t23-,26-/m1/s1. The monoisotopic (exact) mass is 452 g/mol. The number of benzene rings is 2. The summed E-state index contributed by atoms with van der Waals surface area (Å²) in [6.45, 7) is 8.21. The fourth-order valence-corrected chi connectivity index (χ4v) is 3.73. The lowest BCUT2D eigenvalue weighted by Gasteiger charge is -2.30. The third kappa shape index (κ3) is 5.54. The Morgan fingerprint density at radius 3 is 2.67 bits per heavy atom. The molecule has 0 bridgehead atoms. The minimum atomic E-state index is -1.20. The van der Waals surface area contributed by atoms with Gasteiger partial charge in [0.15, 0.2) is 11.6 Å². The Hall–Kier alpha value is -3.32. The summed E-state index contributed by atoms with van der Waals surface area (Å²) in [6, 6.07) is 14.8. The largest absolute Gasteiger partial charge is 0.497 e. The number of ether oxygens (including phenoxy) is 3. The first kappa shape index (κ1) is 24.3. The molecule has 3 rings (SSSR count). The molecular formula is C26H32N2O5. The molecule has 0 radical (unpaired) electrons. The molecule has 33 heavy (non-hydrogen) atoms. The highest BCUT2D eigenvalue weighted by molar-refractivity contribution is 6.01. The van der Waals surface area contributed by atoms with Gasteiger partial charge in [0.05, 0.1) is 13.7 Å². The molecule has 7 nitrogen and oxygen atoms in total. The highest BCUT2D eigenvalue weighted by Gasteiger charge is 2.52. The zero-order chi connectivity index (χ0) is 23.8. The summed E-state index contributed by atoms with van der Waals surface area (Å²) in [6.07, 6.45) is 1.91. The molecule has 2 N–H and O–H groups in total. The van der Waals surface area contributed by atoms with Crippen LogP contribution in [0.4, 0.5) is 0 Å². The zero-order valence-electron chi connectivity index (χ0n) is 19.4. The Balaban J connectivity index is 2.00. The van der Waals surface area contributed by atoms with Crippen molar-refractivity contribution < 1.29 is 24.1 Å². The van der Waals surface area contributed by atoms with Crippen LogP contribution in [0.15, 0.2) is 66.2 Å². The molecular weight excluding hydrogens is 420 g/mol. The fourth-order valence-electron chi connectivity index (χ4n) is 3.73. The maximum atomic E-state index is 13.5. The topological polar surface area (TPSA) is 89.4 Å². The molecule has 0 saturated carbocycles. The lowest BCUT2D eigenvalue weighted by atomic mass is 9.84. The molecule has 2 aromatic rings. The number of rotatable bonds is 11. The summed E-state index contributed by atoms with van der Waals surface area (Å²) in [5.41, 5.74) is 0.322. The third-order valence-corrected chi connectivity index (χ3v) is 5.30. The number of nitrogens with zero attached hydrogens (tertiary/aromatic N) is 1. The number of nitrogens with one attached hydrogen (secondary N) is 1. The number of methoxy groups -OCH3 is 1. The number of aliphatic hydroxyl groups is 1. The first-order valence-electron chi connectivity index (χ1n) is 11.1. The van der Waals surface area contributed by atoms with Gasteiger partial charge < -0.3 is 24.6 Å². The molecule has 0 saturated heterocycles. The third-order valence-electron chi connectivity index (χ3n) is 5.30. The smallest absolute Gasteiger partial charge is 0.252 e. The van der Waals surface area contributed by atoms with Gasteiger partial charge in [-0.2, -0.15) is 0 Å². The Labute approximate surface area is 195 Å². The summed E-state index contributed by atoms with van der Waals surface area (Å²) in [4.78, 5) is 18.3. The summed E-state index contributed by atoms with van der Waals surface area (Å²) in [7, 11) is 1.60. The molecule has 1 aliphatic heterocycles.